The first-order valence-electron chi connectivity index (χ1n) is 4.79. The molecule has 0 saturated heterocycles. The molecule has 1 heterocycles. The van der Waals surface area contributed by atoms with Crippen molar-refractivity contribution in [1.29, 1.82) is 0 Å². The zero-order valence-electron chi connectivity index (χ0n) is 8.51. The van der Waals surface area contributed by atoms with Gasteiger partial charge in [0.2, 0.25) is 5.91 Å². The Kier molecular flexibility index (Phi) is 3.16. The van der Waals surface area contributed by atoms with Gasteiger partial charge in [-0.2, -0.15) is 0 Å². The highest BCUT2D eigenvalue weighted by molar-refractivity contribution is 7.13. The van der Waals surface area contributed by atoms with Gasteiger partial charge >= 0.3 is 0 Å². The van der Waals surface area contributed by atoms with Gasteiger partial charge in [-0.3, -0.25) is 4.79 Å². The first kappa shape index (κ1) is 10.6. The molecule has 82 valence electrons. The number of aromatic nitrogens is 1. The third-order valence-electron chi connectivity index (χ3n) is 1.97. The van der Waals surface area contributed by atoms with Crippen molar-refractivity contribution in [2.24, 2.45) is 0 Å². The molecule has 4 nitrogen and oxygen atoms in total. The molecule has 0 atom stereocenters. The van der Waals surface area contributed by atoms with Crippen molar-refractivity contribution in [3.63, 3.8) is 0 Å². The molecule has 0 saturated carbocycles. The number of carbonyl (C=O) groups is 1. The molecular formula is C11H11N3OS. The average Bonchev–Trinajstić information content (AvgIpc) is 2.65. The standard InChI is InChI=1S/C11H11N3OS/c12-11-14-9(7-16-11)6-10(15)13-8-4-2-1-3-5-8/h1-5,7H,6H2,(H2,12,14)(H,13,15). The third-order valence-corrected chi connectivity index (χ3v) is 2.69. The maximum Gasteiger partial charge on any atom is 0.230 e. The first-order valence-corrected chi connectivity index (χ1v) is 5.67. The molecular weight excluding hydrogens is 222 g/mol. The van der Waals surface area contributed by atoms with Gasteiger partial charge < -0.3 is 11.1 Å². The van der Waals surface area contributed by atoms with E-state index in [1.807, 2.05) is 30.3 Å². The Morgan fingerprint density at radius 2 is 2.12 bits per heavy atom. The zero-order chi connectivity index (χ0) is 11.4. The fraction of sp³-hybridized carbons (Fsp3) is 0.0909. The van der Waals surface area contributed by atoms with Gasteiger partial charge in [0.15, 0.2) is 5.13 Å². The summed E-state index contributed by atoms with van der Waals surface area (Å²) in [6.45, 7) is 0. The summed E-state index contributed by atoms with van der Waals surface area (Å²) in [5, 5.41) is 5.06. The molecule has 0 aliphatic rings. The maximum atomic E-state index is 11.6. The largest absolute Gasteiger partial charge is 0.375 e. The molecule has 2 rings (SSSR count). The minimum absolute atomic E-state index is 0.0866. The van der Waals surface area contributed by atoms with E-state index in [2.05, 4.69) is 10.3 Å². The monoisotopic (exact) mass is 233 g/mol. The number of nitrogens with one attached hydrogen (secondary N) is 1. The van der Waals surface area contributed by atoms with Crippen LogP contribution in [0.2, 0.25) is 0 Å². The van der Waals surface area contributed by atoms with Crippen molar-refractivity contribution in [2.75, 3.05) is 11.1 Å². The molecule has 0 radical (unpaired) electrons. The topological polar surface area (TPSA) is 68.0 Å². The van der Waals surface area contributed by atoms with Gasteiger partial charge in [-0.15, -0.1) is 11.3 Å². The van der Waals surface area contributed by atoms with Crippen LogP contribution < -0.4 is 11.1 Å². The minimum Gasteiger partial charge on any atom is -0.375 e. The van der Waals surface area contributed by atoms with Gasteiger partial charge in [-0.05, 0) is 12.1 Å². The second kappa shape index (κ2) is 4.76. The fourth-order valence-electron chi connectivity index (χ4n) is 1.29. The summed E-state index contributed by atoms with van der Waals surface area (Å²) in [5.74, 6) is -0.0866. The van der Waals surface area contributed by atoms with E-state index in [9.17, 15) is 4.79 Å². The number of amides is 1. The quantitative estimate of drug-likeness (QED) is 0.850. The van der Waals surface area contributed by atoms with E-state index < -0.39 is 0 Å². The second-order valence-electron chi connectivity index (χ2n) is 3.27. The van der Waals surface area contributed by atoms with Gasteiger partial charge in [-0.25, -0.2) is 4.98 Å². The van der Waals surface area contributed by atoms with Crippen LogP contribution in [0.25, 0.3) is 0 Å². The summed E-state index contributed by atoms with van der Waals surface area (Å²) >= 11 is 1.34. The molecule has 0 bridgehead atoms. The number of anilines is 2. The third kappa shape index (κ3) is 2.80. The zero-order valence-corrected chi connectivity index (χ0v) is 9.33. The number of nitrogen functional groups attached to an aromatic ring is 1. The minimum atomic E-state index is -0.0866. The smallest absolute Gasteiger partial charge is 0.230 e. The van der Waals surface area contributed by atoms with Crippen molar-refractivity contribution in [3.8, 4) is 0 Å². The highest BCUT2D eigenvalue weighted by Gasteiger charge is 2.06. The van der Waals surface area contributed by atoms with E-state index in [1.165, 1.54) is 11.3 Å². The van der Waals surface area contributed by atoms with Gasteiger partial charge in [0.05, 0.1) is 12.1 Å². The number of nitrogens with two attached hydrogens (primary N) is 1. The molecule has 0 fully saturated rings. The number of benzene rings is 1. The molecule has 0 aliphatic heterocycles. The Labute approximate surface area is 97.1 Å². The van der Waals surface area contributed by atoms with Crippen molar-refractivity contribution in [3.05, 3.63) is 41.4 Å². The fourth-order valence-corrected chi connectivity index (χ4v) is 1.86. The number of thiazole rings is 1. The van der Waals surface area contributed by atoms with Crippen LogP contribution in [0.4, 0.5) is 10.8 Å². The van der Waals surface area contributed by atoms with Crippen LogP contribution in [0, 0.1) is 0 Å². The van der Waals surface area contributed by atoms with Crippen LogP contribution >= 0.6 is 11.3 Å². The first-order chi connectivity index (χ1) is 7.74. The lowest BCUT2D eigenvalue weighted by molar-refractivity contribution is -0.115. The van der Waals surface area contributed by atoms with Gasteiger partial charge in [0.1, 0.15) is 0 Å². The highest BCUT2D eigenvalue weighted by atomic mass is 32.1. The summed E-state index contributed by atoms with van der Waals surface area (Å²) in [6, 6.07) is 9.32. The molecule has 1 aromatic carbocycles. The average molecular weight is 233 g/mol. The predicted octanol–water partition coefficient (Wildman–Crippen LogP) is 1.91. The summed E-state index contributed by atoms with van der Waals surface area (Å²) in [5.41, 5.74) is 6.97. The van der Waals surface area contributed by atoms with Crippen molar-refractivity contribution in [1.82, 2.24) is 4.98 Å². The van der Waals surface area contributed by atoms with Crippen molar-refractivity contribution < 1.29 is 4.79 Å². The summed E-state index contributed by atoms with van der Waals surface area (Å²) in [6.07, 6.45) is 0.253. The normalized spacial score (nSPS) is 10.0. The number of hydrogen-bond acceptors (Lipinski definition) is 4. The van der Waals surface area contributed by atoms with Crippen LogP contribution in [-0.2, 0) is 11.2 Å². The van der Waals surface area contributed by atoms with E-state index in [0.29, 0.717) is 10.8 Å². The molecule has 0 spiro atoms. The van der Waals surface area contributed by atoms with Crippen LogP contribution in [-0.4, -0.2) is 10.9 Å². The highest BCUT2D eigenvalue weighted by Crippen LogP contribution is 2.12. The van der Waals surface area contributed by atoms with Crippen molar-refractivity contribution >= 4 is 28.1 Å². The summed E-state index contributed by atoms with van der Waals surface area (Å²) in [7, 11) is 0. The number of rotatable bonds is 3. The van der Waals surface area contributed by atoms with Crippen LogP contribution in [0.15, 0.2) is 35.7 Å². The summed E-state index contributed by atoms with van der Waals surface area (Å²) in [4.78, 5) is 15.6. The molecule has 3 N–H and O–H groups in total. The number of nitrogens with zero attached hydrogens (tertiary/aromatic N) is 1. The Balaban J connectivity index is 1.95. The lowest BCUT2D eigenvalue weighted by atomic mass is 10.3. The van der Waals surface area contributed by atoms with Crippen LogP contribution in [0.1, 0.15) is 5.69 Å². The lowest BCUT2D eigenvalue weighted by Gasteiger charge is -2.02. The van der Waals surface area contributed by atoms with E-state index >= 15 is 0 Å². The van der Waals surface area contributed by atoms with Gasteiger partial charge in [0.25, 0.3) is 0 Å². The van der Waals surface area contributed by atoms with E-state index in [0.717, 1.165) is 5.69 Å². The SMILES string of the molecule is Nc1nc(CC(=O)Nc2ccccc2)cs1. The van der Waals surface area contributed by atoms with Crippen molar-refractivity contribution in [2.45, 2.75) is 6.42 Å². The Morgan fingerprint density at radius 3 is 2.75 bits per heavy atom. The predicted molar refractivity (Wildman–Crippen MR) is 65.3 cm³/mol. The number of hydrogen-bond donors (Lipinski definition) is 2. The Morgan fingerprint density at radius 1 is 1.38 bits per heavy atom. The van der Waals surface area contributed by atoms with Crippen LogP contribution in [0.5, 0.6) is 0 Å². The van der Waals surface area contributed by atoms with E-state index in [1.54, 1.807) is 5.38 Å². The Hall–Kier alpha value is -1.88. The number of carbonyl (C=O) groups excluding carboxylic acids is 1. The lowest BCUT2D eigenvalue weighted by Crippen LogP contribution is -2.14. The molecule has 0 aliphatic carbocycles. The maximum absolute atomic E-state index is 11.6. The van der Waals surface area contributed by atoms with Gasteiger partial charge in [-0.1, -0.05) is 18.2 Å². The van der Waals surface area contributed by atoms with E-state index in [-0.39, 0.29) is 12.3 Å². The van der Waals surface area contributed by atoms with Crippen LogP contribution in [0.3, 0.4) is 0 Å². The summed E-state index contributed by atoms with van der Waals surface area (Å²) < 4.78 is 0. The molecule has 5 heteroatoms. The molecule has 16 heavy (non-hydrogen) atoms. The molecule has 1 aromatic heterocycles. The molecule has 0 unspecified atom stereocenters. The van der Waals surface area contributed by atoms with Gasteiger partial charge in [0, 0.05) is 11.1 Å². The number of para-hydroxylation sites is 1. The molecule has 2 aromatic rings. The Bertz CT molecular complexity index is 481. The second-order valence-corrected chi connectivity index (χ2v) is 4.16. The molecule has 1 amide bonds. The van der Waals surface area contributed by atoms with E-state index in [4.69, 9.17) is 5.73 Å².